The smallest absolute Gasteiger partial charge is 0.0786 e. The zero-order valence-corrected chi connectivity index (χ0v) is 15.4. The van der Waals surface area contributed by atoms with E-state index in [9.17, 15) is 0 Å². The number of quaternary nitrogens is 1. The minimum absolute atomic E-state index is 0. The van der Waals surface area contributed by atoms with Crippen LogP contribution in [0.4, 0.5) is 0 Å². The summed E-state index contributed by atoms with van der Waals surface area (Å²) in [4.78, 5) is 0. The number of hydrogen-bond acceptors (Lipinski definition) is 0. The maximum Gasteiger partial charge on any atom is 0.0786 e. The summed E-state index contributed by atoms with van der Waals surface area (Å²) >= 11 is 0. The average Bonchev–Trinajstić information content (AvgIpc) is 2.37. The monoisotopic (exact) mass is 439 g/mol. The maximum absolute atomic E-state index is 2.33. The molecule has 0 atom stereocenters. The quantitative estimate of drug-likeness (QED) is 0.297. The third kappa shape index (κ3) is 9.61. The van der Waals surface area contributed by atoms with Gasteiger partial charge in [0.15, 0.2) is 0 Å². The van der Waals surface area contributed by atoms with Crippen molar-refractivity contribution in [3.8, 4) is 0 Å². The summed E-state index contributed by atoms with van der Waals surface area (Å²) in [6.45, 7) is 15.0. The second kappa shape index (κ2) is 14.1. The third-order valence-electron chi connectivity index (χ3n) is 3.94. The number of unbranched alkanes of at least 4 members (excludes halogenated alkanes) is 4. The van der Waals surface area contributed by atoms with Crippen molar-refractivity contribution in [2.45, 2.75) is 79.1 Å². The Morgan fingerprint density at radius 2 is 0.722 bits per heavy atom. The first-order valence-corrected chi connectivity index (χ1v) is 8.09. The van der Waals surface area contributed by atoms with Crippen molar-refractivity contribution in [1.29, 1.82) is 0 Å². The molecule has 0 spiro atoms. The molecular weight excluding hydrogens is 403 g/mol. The van der Waals surface area contributed by atoms with E-state index in [1.807, 2.05) is 0 Å². The van der Waals surface area contributed by atoms with Gasteiger partial charge in [0.25, 0.3) is 0 Å². The summed E-state index contributed by atoms with van der Waals surface area (Å²) in [6.07, 6.45) is 11.1. The van der Waals surface area contributed by atoms with Crippen LogP contribution in [0, 0.1) is 0 Å². The number of hydrogen-bond donors (Lipinski definition) is 0. The summed E-state index contributed by atoms with van der Waals surface area (Å²) in [5.74, 6) is 0. The van der Waals surface area contributed by atoms with E-state index in [0.29, 0.717) is 0 Å². The Morgan fingerprint density at radius 3 is 0.889 bits per heavy atom. The Kier molecular flexibility index (Phi) is 16.5. The van der Waals surface area contributed by atoms with E-state index in [0.717, 1.165) is 0 Å². The van der Waals surface area contributed by atoms with Crippen LogP contribution in [0.5, 0.6) is 0 Å². The summed E-state index contributed by atoms with van der Waals surface area (Å²) in [7, 11) is 0. The van der Waals surface area contributed by atoms with Gasteiger partial charge in [-0.25, -0.2) is 0 Å². The van der Waals surface area contributed by atoms with Gasteiger partial charge in [-0.15, -0.1) is 0 Å². The first kappa shape index (κ1) is 21.0. The van der Waals surface area contributed by atoms with E-state index in [4.69, 9.17) is 0 Å². The molecule has 0 aromatic rings. The fraction of sp³-hybridized carbons (Fsp3) is 1.00. The summed E-state index contributed by atoms with van der Waals surface area (Å²) in [6, 6.07) is 0. The minimum atomic E-state index is 0. The second-order valence-corrected chi connectivity index (χ2v) is 5.65. The molecule has 18 heavy (non-hydrogen) atoms. The molecule has 0 aromatic carbocycles. The largest absolute Gasteiger partial charge is 0.324 e. The van der Waals surface area contributed by atoms with E-state index in [1.54, 1.807) is 0 Å². The van der Waals surface area contributed by atoms with Crippen molar-refractivity contribution < 1.29 is 26.9 Å². The molecule has 0 aromatic heterocycles. The van der Waals surface area contributed by atoms with Crippen LogP contribution in [0.25, 0.3) is 0 Å². The van der Waals surface area contributed by atoms with Crippen LogP contribution < -0.4 is 0 Å². The minimum Gasteiger partial charge on any atom is -0.324 e. The number of nitrogens with zero attached hydrogens (tertiary/aromatic N) is 1. The molecular formula is C16H36AuN+. The van der Waals surface area contributed by atoms with Crippen LogP contribution in [0.2, 0.25) is 0 Å². The fourth-order valence-corrected chi connectivity index (χ4v) is 2.64. The molecule has 0 unspecified atom stereocenters. The SMILES string of the molecule is CCCC[N+](CCCC)(CCCC)CCCC.[Au]. The van der Waals surface area contributed by atoms with Gasteiger partial charge in [-0.3, -0.25) is 0 Å². The van der Waals surface area contributed by atoms with Crippen molar-refractivity contribution in [2.75, 3.05) is 26.2 Å². The molecule has 0 aliphatic carbocycles. The van der Waals surface area contributed by atoms with Crippen molar-refractivity contribution in [1.82, 2.24) is 0 Å². The van der Waals surface area contributed by atoms with Crippen LogP contribution >= 0.6 is 0 Å². The zero-order valence-electron chi connectivity index (χ0n) is 13.2. The Balaban J connectivity index is 0. The maximum atomic E-state index is 2.33. The molecule has 0 aliphatic rings. The Bertz CT molecular complexity index is 122. The Morgan fingerprint density at radius 1 is 0.500 bits per heavy atom. The molecule has 0 amide bonds. The van der Waals surface area contributed by atoms with Crippen molar-refractivity contribution in [3.05, 3.63) is 0 Å². The van der Waals surface area contributed by atoms with Crippen LogP contribution in [-0.4, -0.2) is 30.7 Å². The van der Waals surface area contributed by atoms with Gasteiger partial charge in [0.2, 0.25) is 0 Å². The van der Waals surface area contributed by atoms with Crippen LogP contribution in [0.15, 0.2) is 0 Å². The van der Waals surface area contributed by atoms with Crippen LogP contribution in [0.1, 0.15) is 79.1 Å². The van der Waals surface area contributed by atoms with Crippen molar-refractivity contribution >= 4 is 0 Å². The fourth-order valence-electron chi connectivity index (χ4n) is 2.64. The molecule has 0 fully saturated rings. The number of rotatable bonds is 12. The molecule has 0 aliphatic heterocycles. The molecule has 0 heterocycles. The average molecular weight is 439 g/mol. The van der Waals surface area contributed by atoms with Gasteiger partial charge in [0.05, 0.1) is 26.2 Å². The van der Waals surface area contributed by atoms with Crippen LogP contribution in [0.3, 0.4) is 0 Å². The Hall–Kier alpha value is 0.700. The van der Waals surface area contributed by atoms with Gasteiger partial charge < -0.3 is 4.48 Å². The van der Waals surface area contributed by atoms with Crippen molar-refractivity contribution in [2.24, 2.45) is 0 Å². The topological polar surface area (TPSA) is 0 Å². The normalized spacial score (nSPS) is 11.3. The van der Waals surface area contributed by atoms with Gasteiger partial charge in [0.1, 0.15) is 0 Å². The van der Waals surface area contributed by atoms with Gasteiger partial charge >= 0.3 is 0 Å². The summed E-state index contributed by atoms with van der Waals surface area (Å²) in [5, 5.41) is 0. The first-order valence-electron chi connectivity index (χ1n) is 8.09. The molecule has 0 rings (SSSR count). The van der Waals surface area contributed by atoms with E-state index in [1.165, 1.54) is 82.0 Å². The molecule has 1 nitrogen and oxygen atoms in total. The van der Waals surface area contributed by atoms with Gasteiger partial charge in [-0.2, -0.15) is 0 Å². The molecule has 115 valence electrons. The van der Waals surface area contributed by atoms with E-state index >= 15 is 0 Å². The zero-order chi connectivity index (χ0) is 13.0. The van der Waals surface area contributed by atoms with E-state index in [2.05, 4.69) is 27.7 Å². The summed E-state index contributed by atoms with van der Waals surface area (Å²) < 4.78 is 1.42. The standard InChI is InChI=1S/C16H36N.Au/c1-5-9-13-17(14-10-6-2,15-11-7-3)16-12-8-4;/h5-16H2,1-4H3;/q+1;. The van der Waals surface area contributed by atoms with Crippen LogP contribution in [-0.2, 0) is 22.4 Å². The molecule has 0 bridgehead atoms. The first-order chi connectivity index (χ1) is 8.24. The Labute approximate surface area is 132 Å². The van der Waals surface area contributed by atoms with Gasteiger partial charge in [0, 0.05) is 22.4 Å². The molecule has 0 saturated heterocycles. The molecule has 0 N–H and O–H groups in total. The molecule has 2 heteroatoms. The predicted molar refractivity (Wildman–Crippen MR) is 79.4 cm³/mol. The van der Waals surface area contributed by atoms with E-state index < -0.39 is 0 Å². The van der Waals surface area contributed by atoms with Gasteiger partial charge in [-0.1, -0.05) is 53.4 Å². The van der Waals surface area contributed by atoms with Crippen molar-refractivity contribution in [3.63, 3.8) is 0 Å². The predicted octanol–water partition coefficient (Wildman–Crippen LogP) is 5.00. The summed E-state index contributed by atoms with van der Waals surface area (Å²) in [5.41, 5.74) is 0. The van der Waals surface area contributed by atoms with E-state index in [-0.39, 0.29) is 22.4 Å². The second-order valence-electron chi connectivity index (χ2n) is 5.65. The third-order valence-corrected chi connectivity index (χ3v) is 3.94. The van der Waals surface area contributed by atoms with Gasteiger partial charge in [-0.05, 0) is 25.7 Å². The molecule has 0 saturated carbocycles. The molecule has 1 radical (unpaired) electrons.